The van der Waals surface area contributed by atoms with Crippen LogP contribution in [0, 0.1) is 10.1 Å². The average Bonchev–Trinajstić information content (AvgIpc) is 2.90. The van der Waals surface area contributed by atoms with Crippen molar-refractivity contribution in [2.24, 2.45) is 0 Å². The number of non-ortho nitro benzene ring substituents is 1. The molecule has 2 aromatic rings. The topological polar surface area (TPSA) is 170 Å². The summed E-state index contributed by atoms with van der Waals surface area (Å²) in [6, 6.07) is 5.45. The third-order valence-electron chi connectivity index (χ3n) is 4.14. The number of amides is 2. The van der Waals surface area contributed by atoms with Gasteiger partial charge in [-0.2, -0.15) is 0 Å². The van der Waals surface area contributed by atoms with Gasteiger partial charge in [0.25, 0.3) is 11.6 Å². The predicted octanol–water partition coefficient (Wildman–Crippen LogP) is 1.45. The molecule has 11 nitrogen and oxygen atoms in total. The van der Waals surface area contributed by atoms with Crippen molar-refractivity contribution in [2.75, 3.05) is 10.2 Å². The van der Waals surface area contributed by atoms with Crippen LogP contribution in [0.5, 0.6) is 11.5 Å². The molecular weight excluding hydrogens is 374 g/mol. The van der Waals surface area contributed by atoms with Crippen LogP contribution in [0.2, 0.25) is 0 Å². The molecule has 11 heteroatoms. The average molecular weight is 387 g/mol. The van der Waals surface area contributed by atoms with Crippen molar-refractivity contribution in [3.8, 4) is 11.5 Å². The number of nitrogens with zero attached hydrogens (tertiary/aromatic N) is 2. The number of benzene rings is 2. The fourth-order valence-electron chi connectivity index (χ4n) is 2.79. The minimum atomic E-state index is -1.43. The molecule has 0 bridgehead atoms. The zero-order valence-corrected chi connectivity index (χ0v) is 14.0. The van der Waals surface area contributed by atoms with Gasteiger partial charge in [-0.05, 0) is 24.3 Å². The van der Waals surface area contributed by atoms with Gasteiger partial charge in [-0.3, -0.25) is 19.7 Å². The molecule has 1 saturated heterocycles. The van der Waals surface area contributed by atoms with Crippen molar-refractivity contribution < 1.29 is 34.6 Å². The van der Waals surface area contributed by atoms with Crippen molar-refractivity contribution in [1.82, 2.24) is 0 Å². The molecule has 1 aliphatic heterocycles. The Balaban J connectivity index is 1.86. The quantitative estimate of drug-likeness (QED) is 0.256. The molecular formula is C17H13N3O8. The maximum Gasteiger partial charge on any atom is 0.339 e. The first-order chi connectivity index (χ1) is 13.2. The largest absolute Gasteiger partial charge is 0.507 e. The van der Waals surface area contributed by atoms with E-state index in [1.807, 2.05) is 0 Å². The first-order valence-corrected chi connectivity index (χ1v) is 7.86. The monoisotopic (exact) mass is 387 g/mol. The smallest absolute Gasteiger partial charge is 0.339 e. The number of nitro benzene ring substituents is 1. The molecule has 1 atom stereocenters. The molecule has 3 rings (SSSR count). The Morgan fingerprint density at radius 2 is 1.86 bits per heavy atom. The summed E-state index contributed by atoms with van der Waals surface area (Å²) in [6.45, 7) is 0. The number of rotatable bonds is 5. The number of hydrogen-bond acceptors (Lipinski definition) is 8. The van der Waals surface area contributed by atoms with Crippen molar-refractivity contribution in [3.63, 3.8) is 0 Å². The van der Waals surface area contributed by atoms with E-state index in [0.717, 1.165) is 29.2 Å². The summed E-state index contributed by atoms with van der Waals surface area (Å²) in [5, 5.41) is 41.9. The molecule has 144 valence electrons. The Kier molecular flexibility index (Phi) is 4.57. The number of carbonyl (C=O) groups excluding carboxylic acids is 2. The summed E-state index contributed by atoms with van der Waals surface area (Å²) in [6.07, 6.45) is -0.279. The summed E-state index contributed by atoms with van der Waals surface area (Å²) in [5.74, 6) is -3.73. The highest BCUT2D eigenvalue weighted by atomic mass is 16.6. The standard InChI is InChI=1S/C17H13N3O8/c21-13-4-2-8(5-10(13)17(25)26)19-15(23)7-12(16(19)24)18-11-3-1-9(20(27)28)6-14(11)22/h1-6,12,18,21-22H,7H2,(H,25,26). The van der Waals surface area contributed by atoms with Gasteiger partial charge in [0.05, 0.1) is 28.8 Å². The highest BCUT2D eigenvalue weighted by Crippen LogP contribution is 2.32. The number of anilines is 2. The van der Waals surface area contributed by atoms with Crippen LogP contribution in [-0.4, -0.2) is 44.1 Å². The SMILES string of the molecule is O=C(O)c1cc(N2C(=O)CC(Nc3ccc([N+](=O)[O-])cc3O)C2=O)ccc1O. The lowest BCUT2D eigenvalue weighted by molar-refractivity contribution is -0.384. The van der Waals surface area contributed by atoms with E-state index in [9.17, 15) is 34.7 Å². The highest BCUT2D eigenvalue weighted by molar-refractivity contribution is 6.23. The number of hydrogen-bond donors (Lipinski definition) is 4. The summed E-state index contributed by atoms with van der Waals surface area (Å²) in [5.41, 5.74) is -0.815. The molecule has 1 aliphatic rings. The zero-order chi connectivity index (χ0) is 20.6. The number of nitrogens with one attached hydrogen (secondary N) is 1. The lowest BCUT2D eigenvalue weighted by Crippen LogP contribution is -2.34. The van der Waals surface area contributed by atoms with Gasteiger partial charge in [-0.25, -0.2) is 9.69 Å². The summed E-state index contributed by atoms with van der Waals surface area (Å²) in [4.78, 5) is 46.8. The first-order valence-electron chi connectivity index (χ1n) is 7.86. The lowest BCUT2D eigenvalue weighted by Gasteiger charge is -2.17. The van der Waals surface area contributed by atoms with Gasteiger partial charge < -0.3 is 20.6 Å². The van der Waals surface area contributed by atoms with Gasteiger partial charge >= 0.3 is 5.97 Å². The molecule has 1 fully saturated rings. The molecule has 0 aliphatic carbocycles. The number of imide groups is 1. The van der Waals surface area contributed by atoms with E-state index < -0.39 is 45.8 Å². The van der Waals surface area contributed by atoms with Crippen molar-refractivity contribution in [1.29, 1.82) is 0 Å². The van der Waals surface area contributed by atoms with E-state index in [0.29, 0.717) is 0 Å². The van der Waals surface area contributed by atoms with Gasteiger partial charge in [0.2, 0.25) is 5.91 Å². The van der Waals surface area contributed by atoms with Crippen molar-refractivity contribution in [3.05, 3.63) is 52.1 Å². The van der Waals surface area contributed by atoms with Gasteiger partial charge in [0, 0.05) is 6.07 Å². The van der Waals surface area contributed by atoms with Crippen LogP contribution in [0.3, 0.4) is 0 Å². The van der Waals surface area contributed by atoms with E-state index in [2.05, 4.69) is 5.32 Å². The van der Waals surface area contributed by atoms with Crippen LogP contribution >= 0.6 is 0 Å². The Hall–Kier alpha value is -4.15. The molecule has 2 amide bonds. The van der Waals surface area contributed by atoms with Crippen LogP contribution in [0.4, 0.5) is 17.1 Å². The molecule has 1 heterocycles. The van der Waals surface area contributed by atoms with Gasteiger partial charge in [0.15, 0.2) is 0 Å². The van der Waals surface area contributed by atoms with E-state index in [4.69, 9.17) is 5.11 Å². The summed E-state index contributed by atoms with van der Waals surface area (Å²) in [7, 11) is 0. The number of phenolic OH excluding ortho intramolecular Hbond substituents is 1. The fourth-order valence-corrected chi connectivity index (χ4v) is 2.79. The second kappa shape index (κ2) is 6.87. The zero-order valence-electron chi connectivity index (χ0n) is 14.0. The third kappa shape index (κ3) is 3.28. The number of nitro groups is 1. The van der Waals surface area contributed by atoms with Gasteiger partial charge in [-0.1, -0.05) is 0 Å². The van der Waals surface area contributed by atoms with Crippen LogP contribution in [0.1, 0.15) is 16.8 Å². The number of aromatic hydroxyl groups is 2. The van der Waals surface area contributed by atoms with E-state index in [1.165, 1.54) is 12.1 Å². The van der Waals surface area contributed by atoms with Crippen LogP contribution in [0.25, 0.3) is 0 Å². The number of aromatic carboxylic acids is 1. The maximum atomic E-state index is 12.6. The molecule has 1 unspecified atom stereocenters. The van der Waals surface area contributed by atoms with Gasteiger partial charge in [-0.15, -0.1) is 0 Å². The fraction of sp³-hybridized carbons (Fsp3) is 0.118. The van der Waals surface area contributed by atoms with Crippen molar-refractivity contribution in [2.45, 2.75) is 12.5 Å². The summed E-state index contributed by atoms with van der Waals surface area (Å²) >= 11 is 0. The highest BCUT2D eigenvalue weighted by Gasteiger charge is 2.40. The van der Waals surface area contributed by atoms with Crippen LogP contribution in [-0.2, 0) is 9.59 Å². The third-order valence-corrected chi connectivity index (χ3v) is 4.14. The summed E-state index contributed by atoms with van der Waals surface area (Å²) < 4.78 is 0. The Bertz CT molecular complexity index is 1020. The Morgan fingerprint density at radius 3 is 2.46 bits per heavy atom. The Morgan fingerprint density at radius 1 is 1.14 bits per heavy atom. The number of carboxylic acids is 1. The minimum Gasteiger partial charge on any atom is -0.507 e. The minimum absolute atomic E-state index is 0.0236. The normalized spacial score (nSPS) is 16.3. The van der Waals surface area contributed by atoms with Gasteiger partial charge in [0.1, 0.15) is 23.1 Å². The molecule has 4 N–H and O–H groups in total. The van der Waals surface area contributed by atoms with Crippen molar-refractivity contribution >= 4 is 34.8 Å². The van der Waals surface area contributed by atoms with Crippen LogP contribution in [0.15, 0.2) is 36.4 Å². The second-order valence-corrected chi connectivity index (χ2v) is 5.93. The van der Waals surface area contributed by atoms with E-state index in [1.54, 1.807) is 0 Å². The number of carboxylic acid groups (broad SMARTS) is 1. The van der Waals surface area contributed by atoms with E-state index in [-0.39, 0.29) is 23.5 Å². The predicted molar refractivity (Wildman–Crippen MR) is 94.3 cm³/mol. The van der Waals surface area contributed by atoms with Crippen LogP contribution < -0.4 is 10.2 Å². The lowest BCUT2D eigenvalue weighted by atomic mass is 10.1. The van der Waals surface area contributed by atoms with E-state index >= 15 is 0 Å². The molecule has 0 radical (unpaired) electrons. The number of carbonyl (C=O) groups is 3. The molecule has 28 heavy (non-hydrogen) atoms. The first kappa shape index (κ1) is 18.6. The molecule has 0 saturated carbocycles. The maximum absolute atomic E-state index is 12.6. The molecule has 0 aromatic heterocycles. The molecule has 2 aromatic carbocycles. The molecule has 0 spiro atoms. The Labute approximate surface area is 156 Å². The number of phenols is 2. The second-order valence-electron chi connectivity index (χ2n) is 5.93.